The molecule has 0 spiro atoms. The first-order valence-corrected chi connectivity index (χ1v) is 8.28. The number of nitrogens with zero attached hydrogens (tertiary/aromatic N) is 1. The zero-order valence-electron chi connectivity index (χ0n) is 11.8. The maximum absolute atomic E-state index is 12.2. The molecular formula is C16H13BrN2O2S. The highest BCUT2D eigenvalue weighted by molar-refractivity contribution is 9.10. The Balaban J connectivity index is 1.70. The second kappa shape index (κ2) is 6.46. The van der Waals surface area contributed by atoms with Crippen LogP contribution in [0, 0.1) is 6.92 Å². The number of nitrogens with one attached hydrogen (secondary N) is 1. The monoisotopic (exact) mass is 376 g/mol. The maximum atomic E-state index is 12.2. The predicted octanol–water partition coefficient (Wildman–Crippen LogP) is 4.40. The molecule has 4 nitrogen and oxygen atoms in total. The molecule has 0 radical (unpaired) electrons. The number of rotatable bonds is 4. The van der Waals surface area contributed by atoms with Crippen molar-refractivity contribution in [3.05, 3.63) is 63.3 Å². The smallest absolute Gasteiger partial charge is 0.251 e. The van der Waals surface area contributed by atoms with E-state index in [4.69, 9.17) is 4.42 Å². The van der Waals surface area contributed by atoms with Gasteiger partial charge in [0.05, 0.1) is 18.5 Å². The van der Waals surface area contributed by atoms with Crippen LogP contribution in [0.15, 0.2) is 51.6 Å². The summed E-state index contributed by atoms with van der Waals surface area (Å²) >= 11 is 4.89. The summed E-state index contributed by atoms with van der Waals surface area (Å²) in [5.41, 5.74) is 1.54. The summed E-state index contributed by atoms with van der Waals surface area (Å²) in [4.78, 5) is 17.7. The van der Waals surface area contributed by atoms with E-state index in [0.717, 1.165) is 25.8 Å². The Morgan fingerprint density at radius 2 is 2.23 bits per heavy atom. The van der Waals surface area contributed by atoms with Crippen LogP contribution in [0.4, 0.5) is 0 Å². The van der Waals surface area contributed by atoms with Crippen LogP contribution >= 0.6 is 27.3 Å². The van der Waals surface area contributed by atoms with Gasteiger partial charge in [0.25, 0.3) is 5.91 Å². The fraction of sp³-hybridized carbons (Fsp3) is 0.125. The molecule has 0 aliphatic carbocycles. The largest absolute Gasteiger partial charge is 0.462 e. The number of hydrogen-bond donors (Lipinski definition) is 1. The summed E-state index contributed by atoms with van der Waals surface area (Å²) in [5.74, 6) is 0.645. The SMILES string of the molecule is Cc1nc(-c2ccco2)sc1CNC(=O)c1cccc(Br)c1. The van der Waals surface area contributed by atoms with E-state index in [0.29, 0.717) is 12.1 Å². The third-order valence-corrected chi connectivity index (χ3v) is 4.79. The number of aryl methyl sites for hydroxylation is 1. The molecule has 1 amide bonds. The fourth-order valence-electron chi connectivity index (χ4n) is 1.99. The van der Waals surface area contributed by atoms with E-state index < -0.39 is 0 Å². The lowest BCUT2D eigenvalue weighted by molar-refractivity contribution is 0.0951. The molecule has 2 aromatic heterocycles. The van der Waals surface area contributed by atoms with Gasteiger partial charge in [-0.15, -0.1) is 11.3 Å². The minimum atomic E-state index is -0.103. The molecule has 0 aliphatic heterocycles. The Hall–Kier alpha value is -1.92. The standard InChI is InChI=1S/C16H13BrN2O2S/c1-10-14(22-16(19-10)13-6-3-7-21-13)9-18-15(20)11-4-2-5-12(17)8-11/h2-8H,9H2,1H3,(H,18,20). The first kappa shape index (κ1) is 15.0. The lowest BCUT2D eigenvalue weighted by atomic mass is 10.2. The molecule has 0 saturated heterocycles. The van der Waals surface area contributed by atoms with E-state index in [-0.39, 0.29) is 5.91 Å². The van der Waals surface area contributed by atoms with Crippen LogP contribution in [-0.4, -0.2) is 10.9 Å². The first-order valence-electron chi connectivity index (χ1n) is 6.67. The molecular weight excluding hydrogens is 364 g/mol. The van der Waals surface area contributed by atoms with Crippen LogP contribution in [0.3, 0.4) is 0 Å². The number of carbonyl (C=O) groups is 1. The second-order valence-corrected chi connectivity index (χ2v) is 6.70. The summed E-state index contributed by atoms with van der Waals surface area (Å²) < 4.78 is 6.23. The van der Waals surface area contributed by atoms with Gasteiger partial charge in [-0.3, -0.25) is 4.79 Å². The number of thiazole rings is 1. The van der Waals surface area contributed by atoms with Crippen LogP contribution in [-0.2, 0) is 6.54 Å². The molecule has 112 valence electrons. The molecule has 1 N–H and O–H groups in total. The third-order valence-electron chi connectivity index (χ3n) is 3.12. The van der Waals surface area contributed by atoms with Crippen molar-refractivity contribution in [2.24, 2.45) is 0 Å². The lowest BCUT2D eigenvalue weighted by Gasteiger charge is -2.04. The Morgan fingerprint density at radius 3 is 2.95 bits per heavy atom. The minimum absolute atomic E-state index is 0.103. The van der Waals surface area contributed by atoms with Gasteiger partial charge in [0, 0.05) is 14.9 Å². The Kier molecular flexibility index (Phi) is 4.40. The molecule has 0 bridgehead atoms. The van der Waals surface area contributed by atoms with Gasteiger partial charge in [0.1, 0.15) is 0 Å². The van der Waals surface area contributed by atoms with Crippen molar-refractivity contribution >= 4 is 33.2 Å². The molecule has 2 heterocycles. The van der Waals surface area contributed by atoms with E-state index in [1.165, 1.54) is 11.3 Å². The molecule has 0 saturated carbocycles. The topological polar surface area (TPSA) is 55.1 Å². The molecule has 1 aromatic carbocycles. The lowest BCUT2D eigenvalue weighted by Crippen LogP contribution is -2.22. The Labute approximate surface area is 140 Å². The molecule has 0 atom stereocenters. The molecule has 0 unspecified atom stereocenters. The van der Waals surface area contributed by atoms with Crippen molar-refractivity contribution in [2.75, 3.05) is 0 Å². The zero-order valence-corrected chi connectivity index (χ0v) is 14.2. The van der Waals surface area contributed by atoms with Crippen molar-refractivity contribution in [1.29, 1.82) is 0 Å². The first-order chi connectivity index (χ1) is 10.6. The highest BCUT2D eigenvalue weighted by Gasteiger charge is 2.13. The van der Waals surface area contributed by atoms with E-state index >= 15 is 0 Å². The average molecular weight is 377 g/mol. The molecule has 0 fully saturated rings. The van der Waals surface area contributed by atoms with E-state index in [1.54, 1.807) is 18.4 Å². The second-order valence-electron chi connectivity index (χ2n) is 4.70. The molecule has 6 heteroatoms. The van der Waals surface area contributed by atoms with Crippen LogP contribution in [0.1, 0.15) is 20.9 Å². The maximum Gasteiger partial charge on any atom is 0.251 e. The van der Waals surface area contributed by atoms with Gasteiger partial charge in [-0.05, 0) is 37.3 Å². The number of hydrogen-bond acceptors (Lipinski definition) is 4. The Bertz CT molecular complexity index is 796. The fourth-order valence-corrected chi connectivity index (χ4v) is 3.36. The summed E-state index contributed by atoms with van der Waals surface area (Å²) in [7, 11) is 0. The highest BCUT2D eigenvalue weighted by Crippen LogP contribution is 2.28. The van der Waals surface area contributed by atoms with Gasteiger partial charge in [-0.25, -0.2) is 4.98 Å². The number of carbonyl (C=O) groups excluding carboxylic acids is 1. The van der Waals surface area contributed by atoms with Gasteiger partial charge < -0.3 is 9.73 Å². The molecule has 3 aromatic rings. The van der Waals surface area contributed by atoms with Gasteiger partial charge in [-0.1, -0.05) is 22.0 Å². The molecule has 22 heavy (non-hydrogen) atoms. The van der Waals surface area contributed by atoms with Crippen LogP contribution in [0.5, 0.6) is 0 Å². The predicted molar refractivity (Wildman–Crippen MR) is 89.9 cm³/mol. The van der Waals surface area contributed by atoms with Crippen molar-refractivity contribution in [3.8, 4) is 10.8 Å². The van der Waals surface area contributed by atoms with Crippen molar-refractivity contribution in [1.82, 2.24) is 10.3 Å². The summed E-state index contributed by atoms with van der Waals surface area (Å²) in [6, 6.07) is 11.0. The number of amides is 1. The summed E-state index contributed by atoms with van der Waals surface area (Å²) in [5, 5.41) is 3.75. The minimum Gasteiger partial charge on any atom is -0.462 e. The van der Waals surface area contributed by atoms with Gasteiger partial charge >= 0.3 is 0 Å². The van der Waals surface area contributed by atoms with Gasteiger partial charge in [-0.2, -0.15) is 0 Å². The summed E-state index contributed by atoms with van der Waals surface area (Å²) in [6.45, 7) is 2.39. The van der Waals surface area contributed by atoms with Crippen LogP contribution in [0.25, 0.3) is 10.8 Å². The van der Waals surface area contributed by atoms with Gasteiger partial charge in [0.2, 0.25) is 0 Å². The average Bonchev–Trinajstić information content (AvgIpc) is 3.14. The third kappa shape index (κ3) is 3.28. The number of halogens is 1. The zero-order chi connectivity index (χ0) is 15.5. The van der Waals surface area contributed by atoms with Crippen molar-refractivity contribution < 1.29 is 9.21 Å². The van der Waals surface area contributed by atoms with E-state index in [9.17, 15) is 4.79 Å². The van der Waals surface area contributed by atoms with E-state index in [1.807, 2.05) is 31.2 Å². The number of furan rings is 1. The summed E-state index contributed by atoms with van der Waals surface area (Å²) in [6.07, 6.45) is 1.63. The molecule has 0 aliphatic rings. The number of aromatic nitrogens is 1. The van der Waals surface area contributed by atoms with Crippen LogP contribution < -0.4 is 5.32 Å². The normalized spacial score (nSPS) is 10.6. The quantitative estimate of drug-likeness (QED) is 0.733. The Morgan fingerprint density at radius 1 is 1.36 bits per heavy atom. The van der Waals surface area contributed by atoms with Gasteiger partial charge in [0.15, 0.2) is 10.8 Å². The highest BCUT2D eigenvalue weighted by atomic mass is 79.9. The van der Waals surface area contributed by atoms with Crippen LogP contribution in [0.2, 0.25) is 0 Å². The molecule has 3 rings (SSSR count). The van der Waals surface area contributed by atoms with E-state index in [2.05, 4.69) is 26.2 Å². The number of benzene rings is 1. The van der Waals surface area contributed by atoms with Crippen molar-refractivity contribution in [3.63, 3.8) is 0 Å². The van der Waals surface area contributed by atoms with Crippen molar-refractivity contribution in [2.45, 2.75) is 13.5 Å².